The van der Waals surface area contributed by atoms with Gasteiger partial charge in [0.1, 0.15) is 22.5 Å². The summed E-state index contributed by atoms with van der Waals surface area (Å²) in [6.07, 6.45) is 2.70. The maximum Gasteiger partial charge on any atom is 0.352 e. The number of carbonyl (C=O) groups is 2. The van der Waals surface area contributed by atoms with Crippen LogP contribution in [0.15, 0.2) is 18.2 Å². The molecular formula is C17H19N3O5S. The Balaban J connectivity index is 1.82. The van der Waals surface area contributed by atoms with Crippen LogP contribution in [0.5, 0.6) is 0 Å². The van der Waals surface area contributed by atoms with Gasteiger partial charge in [0.25, 0.3) is 0 Å². The summed E-state index contributed by atoms with van der Waals surface area (Å²) in [5, 5.41) is 19.7. The average Bonchev–Trinajstić information content (AvgIpc) is 3.19. The Kier molecular flexibility index (Phi) is 3.90. The first kappa shape index (κ1) is 17.2. The summed E-state index contributed by atoms with van der Waals surface area (Å²) in [4.78, 5) is 31.6. The van der Waals surface area contributed by atoms with Crippen molar-refractivity contribution in [3.05, 3.63) is 28.8 Å². The number of hydrogen-bond acceptors (Lipinski definition) is 6. The molecule has 0 radical (unpaired) electrons. The molecule has 0 aliphatic carbocycles. The number of nitrogens with zero attached hydrogens (tertiary/aromatic N) is 3. The number of ether oxygens (including phenoxy) is 1. The van der Waals surface area contributed by atoms with E-state index in [0.717, 1.165) is 15.4 Å². The second-order valence-corrected chi connectivity index (χ2v) is 7.78. The zero-order valence-electron chi connectivity index (χ0n) is 14.5. The third-order valence-electron chi connectivity index (χ3n) is 5.20. The van der Waals surface area contributed by atoms with Crippen molar-refractivity contribution >= 4 is 33.6 Å². The normalized spacial score (nSPS) is 26.4. The molecule has 0 spiro atoms. The number of aliphatic hydroxyl groups excluding tert-OH is 1. The van der Waals surface area contributed by atoms with Crippen molar-refractivity contribution in [2.24, 2.45) is 11.8 Å². The molecule has 1 fully saturated rings. The molecule has 8 nitrogen and oxygen atoms in total. The first-order valence-electron chi connectivity index (χ1n) is 8.30. The Morgan fingerprint density at radius 2 is 2.23 bits per heavy atom. The molecule has 2 aromatic heterocycles. The minimum absolute atomic E-state index is 0.0233. The first-order valence-corrected chi connectivity index (χ1v) is 9.11. The number of β-lactam (4-membered cyclic amide) rings is 1. The fraction of sp³-hybridized carbons (Fsp3) is 0.471. The molecule has 4 atom stereocenters. The number of carboxylic acids is 1. The van der Waals surface area contributed by atoms with E-state index in [0.29, 0.717) is 12.2 Å². The molecule has 9 heteroatoms. The van der Waals surface area contributed by atoms with Crippen molar-refractivity contribution in [3.63, 3.8) is 0 Å². The van der Waals surface area contributed by atoms with Gasteiger partial charge in [-0.05, 0) is 6.92 Å². The van der Waals surface area contributed by atoms with Crippen LogP contribution in [0.4, 0.5) is 0 Å². The van der Waals surface area contributed by atoms with Crippen LogP contribution in [0, 0.1) is 11.8 Å². The Bertz CT molecular complexity index is 943. The minimum atomic E-state index is -1.12. The summed E-state index contributed by atoms with van der Waals surface area (Å²) >= 11 is 1.43. The Morgan fingerprint density at radius 1 is 1.50 bits per heavy atom. The molecule has 0 unspecified atom stereocenters. The average molecular weight is 377 g/mol. The summed E-state index contributed by atoms with van der Waals surface area (Å²) in [6, 6.07) is -0.318. The van der Waals surface area contributed by atoms with Crippen LogP contribution in [0.2, 0.25) is 0 Å². The number of amides is 1. The Morgan fingerprint density at radius 3 is 2.85 bits per heavy atom. The fourth-order valence-electron chi connectivity index (χ4n) is 4.10. The highest BCUT2D eigenvalue weighted by atomic mass is 32.1. The molecule has 138 valence electrons. The lowest BCUT2D eigenvalue weighted by Crippen LogP contribution is -2.63. The highest BCUT2D eigenvalue weighted by Crippen LogP contribution is 2.51. The number of imidazole rings is 1. The van der Waals surface area contributed by atoms with Crippen LogP contribution in [-0.2, 0) is 20.9 Å². The molecule has 1 saturated heterocycles. The first-order chi connectivity index (χ1) is 12.4. The molecule has 0 saturated carbocycles. The number of hydrogen-bond donors (Lipinski definition) is 2. The Hall–Kier alpha value is -2.23. The lowest BCUT2D eigenvalue weighted by Gasteiger charge is -2.46. The van der Waals surface area contributed by atoms with E-state index < -0.39 is 18.0 Å². The van der Waals surface area contributed by atoms with E-state index in [-0.39, 0.29) is 23.6 Å². The quantitative estimate of drug-likeness (QED) is 0.759. The molecule has 4 rings (SSSR count). The van der Waals surface area contributed by atoms with Gasteiger partial charge in [-0.25, -0.2) is 9.78 Å². The highest BCUT2D eigenvalue weighted by molar-refractivity contribution is 7.18. The number of carbonyl (C=O) groups excluding carboxylic acids is 1. The third-order valence-corrected chi connectivity index (χ3v) is 6.39. The number of aromatic nitrogens is 2. The zero-order chi connectivity index (χ0) is 18.7. The van der Waals surface area contributed by atoms with E-state index >= 15 is 0 Å². The van der Waals surface area contributed by atoms with Crippen molar-refractivity contribution in [1.82, 2.24) is 14.3 Å². The number of thiazole rings is 1. The summed E-state index contributed by atoms with van der Waals surface area (Å²) in [5.74, 6) is -2.19. The second kappa shape index (κ2) is 5.90. The van der Waals surface area contributed by atoms with Crippen molar-refractivity contribution in [1.29, 1.82) is 0 Å². The standard InChI is InChI=1S/C17H19N3O5S/c1-7-11(10-4-19-6-18-9(5-25-3)16(19)26-10)14(17(23)24)20-13(7)12(8(2)21)15(20)22/h4,6-8,12-13,21H,5H2,1-3H3,(H,23,24)/t7-,8+,12+,13+/m0/s1. The predicted molar refractivity (Wildman–Crippen MR) is 93.3 cm³/mol. The van der Waals surface area contributed by atoms with Gasteiger partial charge in [-0.3, -0.25) is 9.20 Å². The van der Waals surface area contributed by atoms with Gasteiger partial charge in [0.05, 0.1) is 29.5 Å². The minimum Gasteiger partial charge on any atom is -0.477 e. The van der Waals surface area contributed by atoms with E-state index in [4.69, 9.17) is 4.74 Å². The Labute approximate surface area is 153 Å². The number of carboxylic acid groups (broad SMARTS) is 1. The molecule has 0 aromatic carbocycles. The molecule has 2 N–H and O–H groups in total. The predicted octanol–water partition coefficient (Wildman–Crippen LogP) is 1.20. The van der Waals surface area contributed by atoms with Crippen LogP contribution in [0.25, 0.3) is 10.4 Å². The van der Waals surface area contributed by atoms with E-state index in [2.05, 4.69) is 4.98 Å². The molecular weight excluding hydrogens is 358 g/mol. The van der Waals surface area contributed by atoms with Crippen LogP contribution in [-0.4, -0.2) is 55.6 Å². The fourth-order valence-corrected chi connectivity index (χ4v) is 5.30. The number of fused-ring (bicyclic) bond motifs is 2. The van der Waals surface area contributed by atoms with Crippen molar-refractivity contribution < 1.29 is 24.5 Å². The van der Waals surface area contributed by atoms with Crippen molar-refractivity contribution in [2.45, 2.75) is 32.6 Å². The zero-order valence-corrected chi connectivity index (χ0v) is 15.4. The summed E-state index contributed by atoms with van der Waals surface area (Å²) in [6.45, 7) is 3.85. The van der Waals surface area contributed by atoms with Crippen LogP contribution >= 0.6 is 11.3 Å². The number of aliphatic carboxylic acids is 1. The molecule has 2 aliphatic rings. The van der Waals surface area contributed by atoms with E-state index in [1.165, 1.54) is 16.2 Å². The lowest BCUT2D eigenvalue weighted by molar-refractivity contribution is -0.163. The molecule has 2 aromatic rings. The summed E-state index contributed by atoms with van der Waals surface area (Å²) < 4.78 is 7.00. The molecule has 4 heterocycles. The largest absolute Gasteiger partial charge is 0.477 e. The monoisotopic (exact) mass is 377 g/mol. The van der Waals surface area contributed by atoms with Gasteiger partial charge in [0.15, 0.2) is 0 Å². The van der Waals surface area contributed by atoms with Crippen LogP contribution < -0.4 is 0 Å². The van der Waals surface area contributed by atoms with Gasteiger partial charge in [-0.2, -0.15) is 0 Å². The van der Waals surface area contributed by atoms with E-state index in [9.17, 15) is 19.8 Å². The molecule has 0 bridgehead atoms. The maximum absolute atomic E-state index is 12.4. The van der Waals surface area contributed by atoms with Crippen LogP contribution in [0.3, 0.4) is 0 Å². The van der Waals surface area contributed by atoms with Gasteiger partial charge in [0.2, 0.25) is 5.91 Å². The smallest absolute Gasteiger partial charge is 0.352 e. The van der Waals surface area contributed by atoms with E-state index in [1.54, 1.807) is 20.4 Å². The number of methoxy groups -OCH3 is 1. The highest BCUT2D eigenvalue weighted by Gasteiger charge is 2.60. The number of rotatable bonds is 5. The summed E-state index contributed by atoms with van der Waals surface area (Å²) in [7, 11) is 1.59. The maximum atomic E-state index is 12.4. The second-order valence-electron chi connectivity index (χ2n) is 6.75. The van der Waals surface area contributed by atoms with Gasteiger partial charge < -0.3 is 19.8 Å². The lowest BCUT2D eigenvalue weighted by atomic mass is 9.77. The molecule has 1 amide bonds. The van der Waals surface area contributed by atoms with Gasteiger partial charge in [-0.15, -0.1) is 11.3 Å². The third kappa shape index (κ3) is 2.17. The van der Waals surface area contributed by atoms with Gasteiger partial charge in [-0.1, -0.05) is 6.92 Å². The molecule has 26 heavy (non-hydrogen) atoms. The van der Waals surface area contributed by atoms with Gasteiger partial charge in [0, 0.05) is 24.8 Å². The van der Waals surface area contributed by atoms with E-state index in [1.807, 2.05) is 17.5 Å². The number of aliphatic hydroxyl groups is 1. The SMILES string of the molecule is COCc1ncn2cc(C3=C(C(=O)O)N4C(=O)[C@H]([C@@H](C)O)[C@H]4[C@H]3C)sc12. The van der Waals surface area contributed by atoms with Gasteiger partial charge >= 0.3 is 5.97 Å². The van der Waals surface area contributed by atoms with Crippen molar-refractivity contribution in [2.75, 3.05) is 7.11 Å². The van der Waals surface area contributed by atoms with Crippen LogP contribution in [0.1, 0.15) is 24.4 Å². The topological polar surface area (TPSA) is 104 Å². The summed E-state index contributed by atoms with van der Waals surface area (Å²) in [5.41, 5.74) is 1.44. The molecule has 2 aliphatic heterocycles. The van der Waals surface area contributed by atoms with Crippen molar-refractivity contribution in [3.8, 4) is 0 Å².